The summed E-state index contributed by atoms with van der Waals surface area (Å²) in [5.41, 5.74) is 8.27. The maximum atomic E-state index is 13.7. The van der Waals surface area contributed by atoms with Crippen molar-refractivity contribution in [2.75, 3.05) is 6.54 Å². The van der Waals surface area contributed by atoms with Crippen LogP contribution in [0, 0.1) is 5.82 Å². The molecule has 3 unspecified atom stereocenters. The number of nitrogens with zero attached hydrogens (tertiary/aromatic N) is 1. The van der Waals surface area contributed by atoms with E-state index in [1.165, 1.54) is 6.07 Å². The molecule has 2 heterocycles. The largest absolute Gasteiger partial charge is 1.00 e. The molecule has 2 fully saturated rings. The van der Waals surface area contributed by atoms with Crippen molar-refractivity contribution >= 4 is 5.69 Å². The fourth-order valence-electron chi connectivity index (χ4n) is 2.95. The SMILES string of the molecule is CC1OC2CC1N(Cc1ccc([NH-])cc1F)C2.[K+]. The summed E-state index contributed by atoms with van der Waals surface area (Å²) in [6.07, 6.45) is 1.65. The minimum atomic E-state index is -0.270. The van der Waals surface area contributed by atoms with E-state index in [0.717, 1.165) is 13.0 Å². The minimum Gasteiger partial charge on any atom is -0.699 e. The van der Waals surface area contributed by atoms with E-state index in [2.05, 4.69) is 11.8 Å². The number of morpholine rings is 1. The van der Waals surface area contributed by atoms with Gasteiger partial charge in [-0.2, -0.15) is 0 Å². The Morgan fingerprint density at radius 2 is 2.28 bits per heavy atom. The summed E-state index contributed by atoms with van der Waals surface area (Å²) >= 11 is 0. The Bertz CT molecular complexity index is 443. The molecular weight excluding hydrogens is 258 g/mol. The van der Waals surface area contributed by atoms with Crippen LogP contribution in [0.1, 0.15) is 18.9 Å². The Morgan fingerprint density at radius 1 is 1.50 bits per heavy atom. The van der Waals surface area contributed by atoms with Gasteiger partial charge in [0.25, 0.3) is 0 Å². The number of hydrogen-bond donors (Lipinski definition) is 0. The van der Waals surface area contributed by atoms with Crippen molar-refractivity contribution in [1.82, 2.24) is 4.90 Å². The molecule has 3 rings (SSSR count). The van der Waals surface area contributed by atoms with E-state index in [9.17, 15) is 4.39 Å². The molecule has 0 amide bonds. The van der Waals surface area contributed by atoms with Gasteiger partial charge in [-0.05, 0) is 19.4 Å². The molecule has 2 saturated heterocycles. The maximum Gasteiger partial charge on any atom is 1.00 e. The fraction of sp³-hybridized carbons (Fsp3) is 0.538. The van der Waals surface area contributed by atoms with Crippen LogP contribution in [-0.2, 0) is 11.3 Å². The van der Waals surface area contributed by atoms with Crippen LogP contribution in [0.5, 0.6) is 0 Å². The third-order valence-corrected chi connectivity index (χ3v) is 3.79. The number of hydrogen-bond acceptors (Lipinski definition) is 2. The topological polar surface area (TPSA) is 36.3 Å². The molecule has 1 aromatic carbocycles. The predicted molar refractivity (Wildman–Crippen MR) is 63.5 cm³/mol. The fourth-order valence-corrected chi connectivity index (χ4v) is 2.95. The second-order valence-corrected chi connectivity index (χ2v) is 5.00. The number of rotatable bonds is 2. The Morgan fingerprint density at radius 3 is 2.89 bits per heavy atom. The van der Waals surface area contributed by atoms with Gasteiger partial charge in [0.15, 0.2) is 0 Å². The first-order chi connectivity index (χ1) is 8.13. The van der Waals surface area contributed by atoms with Crippen molar-refractivity contribution in [3.8, 4) is 0 Å². The van der Waals surface area contributed by atoms with Gasteiger partial charge >= 0.3 is 51.4 Å². The van der Waals surface area contributed by atoms with Gasteiger partial charge in [0, 0.05) is 24.7 Å². The third-order valence-electron chi connectivity index (χ3n) is 3.79. The van der Waals surface area contributed by atoms with Gasteiger partial charge in [0.1, 0.15) is 5.82 Å². The molecule has 18 heavy (non-hydrogen) atoms. The van der Waals surface area contributed by atoms with Gasteiger partial charge in [-0.3, -0.25) is 4.90 Å². The molecule has 0 radical (unpaired) electrons. The summed E-state index contributed by atoms with van der Waals surface area (Å²) in [4.78, 5) is 2.29. The number of likely N-dealkylation sites (tertiary alicyclic amines) is 1. The first-order valence-corrected chi connectivity index (χ1v) is 6.03. The van der Waals surface area contributed by atoms with E-state index in [1.807, 2.05) is 0 Å². The van der Waals surface area contributed by atoms with Gasteiger partial charge in [-0.25, -0.2) is 4.39 Å². The second kappa shape index (κ2) is 5.87. The second-order valence-electron chi connectivity index (χ2n) is 5.00. The van der Waals surface area contributed by atoms with Crippen LogP contribution in [0.15, 0.2) is 18.2 Å². The van der Waals surface area contributed by atoms with Crippen LogP contribution in [-0.4, -0.2) is 29.7 Å². The number of fused-ring (bicyclic) bond motifs is 2. The van der Waals surface area contributed by atoms with E-state index in [0.29, 0.717) is 24.3 Å². The summed E-state index contributed by atoms with van der Waals surface area (Å²) in [7, 11) is 0. The average molecular weight is 274 g/mol. The molecule has 0 aromatic heterocycles. The molecule has 2 aliphatic heterocycles. The molecule has 1 aromatic rings. The zero-order chi connectivity index (χ0) is 12.0. The van der Waals surface area contributed by atoms with Crippen molar-refractivity contribution in [3.05, 3.63) is 35.3 Å². The van der Waals surface area contributed by atoms with Gasteiger partial charge in [-0.15, -0.1) is 5.69 Å². The van der Waals surface area contributed by atoms with Crippen molar-refractivity contribution in [2.24, 2.45) is 0 Å². The van der Waals surface area contributed by atoms with E-state index >= 15 is 0 Å². The molecule has 2 bridgehead atoms. The Labute approximate surface area is 149 Å². The average Bonchev–Trinajstić information content (AvgIpc) is 2.80. The molecule has 92 valence electrons. The van der Waals surface area contributed by atoms with E-state index in [-0.39, 0.29) is 69.0 Å². The first-order valence-electron chi connectivity index (χ1n) is 6.03. The minimum absolute atomic E-state index is 0. The van der Waals surface area contributed by atoms with Gasteiger partial charge in [0.2, 0.25) is 0 Å². The normalized spacial score (nSPS) is 30.4. The summed E-state index contributed by atoms with van der Waals surface area (Å²) in [5.74, 6) is -0.270. The summed E-state index contributed by atoms with van der Waals surface area (Å²) in [5, 5.41) is 0. The van der Waals surface area contributed by atoms with Crippen molar-refractivity contribution < 1.29 is 60.5 Å². The van der Waals surface area contributed by atoms with Crippen molar-refractivity contribution in [1.29, 1.82) is 0 Å². The predicted octanol–water partition coefficient (Wildman–Crippen LogP) is -0.125. The van der Waals surface area contributed by atoms with Crippen LogP contribution in [0.3, 0.4) is 0 Å². The Kier molecular flexibility index (Phi) is 4.86. The molecule has 1 N–H and O–H groups in total. The third kappa shape index (κ3) is 2.82. The number of ether oxygens (including phenoxy) is 1. The van der Waals surface area contributed by atoms with E-state index in [1.54, 1.807) is 12.1 Å². The molecule has 3 atom stereocenters. The van der Waals surface area contributed by atoms with Crippen LogP contribution < -0.4 is 51.4 Å². The van der Waals surface area contributed by atoms with Gasteiger partial charge in [0.05, 0.1) is 12.2 Å². The van der Waals surface area contributed by atoms with Gasteiger partial charge < -0.3 is 10.5 Å². The van der Waals surface area contributed by atoms with E-state index in [4.69, 9.17) is 10.5 Å². The number of benzene rings is 1. The monoisotopic (exact) mass is 274 g/mol. The molecule has 0 spiro atoms. The summed E-state index contributed by atoms with van der Waals surface area (Å²) in [6.45, 7) is 3.61. The zero-order valence-electron chi connectivity index (χ0n) is 10.8. The van der Waals surface area contributed by atoms with Crippen molar-refractivity contribution in [3.63, 3.8) is 0 Å². The molecule has 0 aliphatic carbocycles. The molecule has 5 heteroatoms. The molecular formula is C13H16FKN2O. The van der Waals surface area contributed by atoms with Crippen LogP contribution in [0.2, 0.25) is 0 Å². The summed E-state index contributed by atoms with van der Waals surface area (Å²) in [6, 6.07) is 5.07. The Balaban J connectivity index is 0.00000120. The molecule has 2 aliphatic rings. The molecule has 0 saturated carbocycles. The summed E-state index contributed by atoms with van der Waals surface area (Å²) < 4.78 is 19.4. The van der Waals surface area contributed by atoms with Crippen LogP contribution in [0.25, 0.3) is 5.73 Å². The number of halogens is 1. The van der Waals surface area contributed by atoms with Crippen LogP contribution in [0.4, 0.5) is 10.1 Å². The zero-order valence-corrected chi connectivity index (χ0v) is 13.9. The maximum absolute atomic E-state index is 13.7. The Hall–Kier alpha value is 0.506. The smallest absolute Gasteiger partial charge is 0.699 e. The quantitative estimate of drug-likeness (QED) is 0.705. The standard InChI is InChI=1S/C13H16FN2O.K/c1-8-13-5-11(17-8)7-16(13)6-9-2-3-10(15)4-12(9)14;/h2-4,8,11,13,15H,5-7H2,1H3;/q-1;+1. The molecule has 3 nitrogen and oxygen atoms in total. The van der Waals surface area contributed by atoms with E-state index < -0.39 is 0 Å². The first kappa shape index (κ1) is 14.9. The van der Waals surface area contributed by atoms with Crippen LogP contribution >= 0.6 is 0 Å². The van der Waals surface area contributed by atoms with Crippen molar-refractivity contribution in [2.45, 2.75) is 38.1 Å². The van der Waals surface area contributed by atoms with Gasteiger partial charge in [-0.1, -0.05) is 12.1 Å². The number of nitrogens with one attached hydrogen (secondary N) is 1.